The summed E-state index contributed by atoms with van der Waals surface area (Å²) in [6.07, 6.45) is 46.7. The fourth-order valence-corrected chi connectivity index (χ4v) is 7.09. The molecule has 0 aliphatic carbocycles. The van der Waals surface area contributed by atoms with Gasteiger partial charge in [-0.25, -0.2) is 4.57 Å². The van der Waals surface area contributed by atoms with E-state index in [1.54, 1.807) is 0 Å². The third kappa shape index (κ3) is 42.1. The van der Waals surface area contributed by atoms with E-state index in [2.05, 4.69) is 30.5 Å². The quantitative estimate of drug-likeness (QED) is 0.0234. The molecule has 0 aliphatic rings. The lowest BCUT2D eigenvalue weighted by molar-refractivity contribution is -0.161. The Morgan fingerprint density at radius 1 is 0.534 bits per heavy atom. The Morgan fingerprint density at radius 2 is 0.948 bits per heavy atom. The van der Waals surface area contributed by atoms with E-state index < -0.39 is 51.8 Å². The van der Waals surface area contributed by atoms with Crippen molar-refractivity contribution in [1.29, 1.82) is 0 Å². The summed E-state index contributed by atoms with van der Waals surface area (Å²) >= 11 is 0. The van der Waals surface area contributed by atoms with Crippen molar-refractivity contribution in [2.45, 2.75) is 212 Å². The standard InChI is InChI=1S/C47H85O10P/c1-3-5-7-9-11-13-15-17-18-19-20-21-22-23-24-25-27-28-30-32-34-36-38-46(50)54-42-45(43-56-58(52,53)55-41-44(49)40-48)57-47(51)39-37-35-33-31-29-26-16-14-12-10-8-6-4-2/h6,8,10,12,14,16,26,29,44-45,48-49H,3-5,7,9,11,13,15,17-25,27-28,30-43H2,1-2H3,(H,52,53)/b8-6+,12-10+,16-14+,29-26+/t44-,45?/m1/s1. The number of esters is 2. The average molecular weight is 841 g/mol. The van der Waals surface area contributed by atoms with Crippen molar-refractivity contribution in [3.8, 4) is 0 Å². The normalized spacial score (nSPS) is 14.2. The molecule has 2 unspecified atom stereocenters. The highest BCUT2D eigenvalue weighted by Gasteiger charge is 2.27. The van der Waals surface area contributed by atoms with Crippen molar-refractivity contribution in [2.24, 2.45) is 0 Å². The highest BCUT2D eigenvalue weighted by atomic mass is 31.2. The molecule has 3 atom stereocenters. The van der Waals surface area contributed by atoms with E-state index in [0.717, 1.165) is 44.9 Å². The molecule has 0 saturated carbocycles. The van der Waals surface area contributed by atoms with E-state index in [1.165, 1.54) is 116 Å². The van der Waals surface area contributed by atoms with Crippen LogP contribution in [0.3, 0.4) is 0 Å². The van der Waals surface area contributed by atoms with Gasteiger partial charge in [0, 0.05) is 12.8 Å². The number of unbranched alkanes of at least 4 members (excludes halogenated alkanes) is 24. The SMILES string of the molecule is CC/C=C/C=C/C=C/C=C/CCCCCC(=O)OC(COC(=O)CCCCCCCCCCCCCCCCCCCCCCCC)COP(=O)(O)OC[C@H](O)CO. The van der Waals surface area contributed by atoms with Crippen LogP contribution in [0.4, 0.5) is 0 Å². The van der Waals surface area contributed by atoms with Crippen molar-refractivity contribution in [3.05, 3.63) is 48.6 Å². The van der Waals surface area contributed by atoms with Gasteiger partial charge in [0.25, 0.3) is 0 Å². The first-order chi connectivity index (χ1) is 28.2. The zero-order valence-corrected chi connectivity index (χ0v) is 37.6. The number of rotatable bonds is 43. The van der Waals surface area contributed by atoms with Gasteiger partial charge in [-0.15, -0.1) is 0 Å². The van der Waals surface area contributed by atoms with Crippen LogP contribution in [0.15, 0.2) is 48.6 Å². The number of hydrogen-bond acceptors (Lipinski definition) is 9. The van der Waals surface area contributed by atoms with Gasteiger partial charge in [0.05, 0.1) is 19.8 Å². The van der Waals surface area contributed by atoms with Crippen molar-refractivity contribution in [1.82, 2.24) is 0 Å². The molecule has 338 valence electrons. The van der Waals surface area contributed by atoms with Gasteiger partial charge in [0.1, 0.15) is 12.7 Å². The van der Waals surface area contributed by atoms with Crippen LogP contribution in [0, 0.1) is 0 Å². The minimum absolute atomic E-state index is 0.138. The molecule has 3 N–H and O–H groups in total. The summed E-state index contributed by atoms with van der Waals surface area (Å²) in [5.41, 5.74) is 0. The Balaban J connectivity index is 4.19. The fourth-order valence-electron chi connectivity index (χ4n) is 6.30. The number of aliphatic hydroxyl groups excluding tert-OH is 2. The lowest BCUT2D eigenvalue weighted by atomic mass is 10.0. The Morgan fingerprint density at radius 3 is 1.43 bits per heavy atom. The third-order valence-electron chi connectivity index (χ3n) is 9.84. The van der Waals surface area contributed by atoms with Crippen LogP contribution in [0.2, 0.25) is 0 Å². The molecule has 0 heterocycles. The van der Waals surface area contributed by atoms with Gasteiger partial charge in [0.15, 0.2) is 6.10 Å². The number of carbonyl (C=O) groups excluding carboxylic acids is 2. The molecule has 0 rings (SSSR count). The van der Waals surface area contributed by atoms with Crippen LogP contribution in [0.25, 0.3) is 0 Å². The molecule has 11 heteroatoms. The van der Waals surface area contributed by atoms with E-state index in [-0.39, 0.29) is 19.4 Å². The average Bonchev–Trinajstić information content (AvgIpc) is 3.21. The molecule has 0 bridgehead atoms. The summed E-state index contributed by atoms with van der Waals surface area (Å²) in [5.74, 6) is -0.966. The van der Waals surface area contributed by atoms with Gasteiger partial charge in [-0.3, -0.25) is 18.6 Å². The smallest absolute Gasteiger partial charge is 0.462 e. The topological polar surface area (TPSA) is 149 Å². The zero-order valence-electron chi connectivity index (χ0n) is 36.8. The maximum Gasteiger partial charge on any atom is 0.472 e. The second kappa shape index (κ2) is 43.0. The molecule has 10 nitrogen and oxygen atoms in total. The first kappa shape index (κ1) is 55.9. The van der Waals surface area contributed by atoms with Crippen LogP contribution in [-0.2, 0) is 32.7 Å². The fraction of sp³-hybridized carbons (Fsp3) is 0.787. The second-order valence-electron chi connectivity index (χ2n) is 15.5. The molecule has 0 fully saturated rings. The number of allylic oxidation sites excluding steroid dienone is 8. The summed E-state index contributed by atoms with van der Waals surface area (Å²) in [5, 5.41) is 18.3. The predicted molar refractivity (Wildman–Crippen MR) is 237 cm³/mol. The van der Waals surface area contributed by atoms with Gasteiger partial charge in [0.2, 0.25) is 0 Å². The second-order valence-corrected chi connectivity index (χ2v) is 17.0. The van der Waals surface area contributed by atoms with E-state index in [0.29, 0.717) is 12.8 Å². The van der Waals surface area contributed by atoms with Crippen LogP contribution in [0.5, 0.6) is 0 Å². The minimum atomic E-state index is -4.63. The molecule has 0 aliphatic heterocycles. The van der Waals surface area contributed by atoms with E-state index in [4.69, 9.17) is 19.1 Å². The van der Waals surface area contributed by atoms with E-state index in [1.807, 2.05) is 36.5 Å². The third-order valence-corrected chi connectivity index (χ3v) is 10.8. The Labute approximate surface area is 353 Å². The predicted octanol–water partition coefficient (Wildman–Crippen LogP) is 12.5. The maximum absolute atomic E-state index is 12.6. The summed E-state index contributed by atoms with van der Waals surface area (Å²) < 4.78 is 32.7. The molecule has 0 amide bonds. The van der Waals surface area contributed by atoms with Gasteiger partial charge in [-0.2, -0.15) is 0 Å². The first-order valence-corrected chi connectivity index (χ1v) is 24.6. The summed E-state index contributed by atoms with van der Waals surface area (Å²) in [7, 11) is -4.63. The van der Waals surface area contributed by atoms with Gasteiger partial charge >= 0.3 is 19.8 Å². The van der Waals surface area contributed by atoms with E-state index in [9.17, 15) is 24.2 Å². The van der Waals surface area contributed by atoms with Crippen molar-refractivity contribution < 1.29 is 47.8 Å². The van der Waals surface area contributed by atoms with Crippen LogP contribution < -0.4 is 0 Å². The highest BCUT2D eigenvalue weighted by Crippen LogP contribution is 2.43. The molecule has 0 spiro atoms. The van der Waals surface area contributed by atoms with Gasteiger partial charge in [-0.05, 0) is 32.1 Å². The molecular formula is C47H85O10P. The Kier molecular flexibility index (Phi) is 41.5. The van der Waals surface area contributed by atoms with E-state index >= 15 is 0 Å². The van der Waals surface area contributed by atoms with Crippen molar-refractivity contribution in [2.75, 3.05) is 26.4 Å². The molecule has 0 aromatic rings. The molecule has 0 aromatic heterocycles. The Bertz CT molecular complexity index is 1110. The van der Waals surface area contributed by atoms with Gasteiger partial charge < -0.3 is 24.6 Å². The summed E-state index contributed by atoms with van der Waals surface area (Å²) in [4.78, 5) is 35.0. The number of aliphatic hydroxyl groups is 2. The minimum Gasteiger partial charge on any atom is -0.462 e. The molecule has 0 saturated heterocycles. The van der Waals surface area contributed by atoms with Crippen LogP contribution in [-0.4, -0.2) is 65.7 Å². The summed E-state index contributed by atoms with van der Waals surface area (Å²) in [6, 6.07) is 0. The Hall–Kier alpha value is -2.07. The number of carbonyl (C=O) groups is 2. The van der Waals surface area contributed by atoms with Crippen LogP contribution in [0.1, 0.15) is 200 Å². The molecule has 58 heavy (non-hydrogen) atoms. The zero-order chi connectivity index (χ0) is 42.6. The molecular weight excluding hydrogens is 755 g/mol. The van der Waals surface area contributed by atoms with Crippen molar-refractivity contribution >= 4 is 19.8 Å². The molecule has 0 radical (unpaired) electrons. The maximum atomic E-state index is 12.6. The number of ether oxygens (including phenoxy) is 2. The summed E-state index contributed by atoms with van der Waals surface area (Å²) in [6.45, 7) is 2.21. The van der Waals surface area contributed by atoms with Crippen molar-refractivity contribution in [3.63, 3.8) is 0 Å². The number of phosphoric acid groups is 1. The highest BCUT2D eigenvalue weighted by molar-refractivity contribution is 7.47. The first-order valence-electron chi connectivity index (χ1n) is 23.1. The number of hydrogen-bond donors (Lipinski definition) is 3. The lowest BCUT2D eigenvalue weighted by Gasteiger charge is -2.20. The monoisotopic (exact) mass is 841 g/mol. The number of phosphoric ester groups is 1. The molecule has 0 aromatic carbocycles. The van der Waals surface area contributed by atoms with Crippen LogP contribution >= 0.6 is 7.82 Å². The lowest BCUT2D eigenvalue weighted by Crippen LogP contribution is -2.29. The largest absolute Gasteiger partial charge is 0.472 e. The van der Waals surface area contributed by atoms with Gasteiger partial charge in [-0.1, -0.05) is 204 Å².